The smallest absolute Gasteiger partial charge is 0.243 e. The van der Waals surface area contributed by atoms with Gasteiger partial charge in [0.15, 0.2) is 11.5 Å². The maximum Gasteiger partial charge on any atom is 0.243 e. The van der Waals surface area contributed by atoms with Crippen LogP contribution in [0.2, 0.25) is 0 Å². The van der Waals surface area contributed by atoms with Crippen molar-refractivity contribution >= 4 is 23.0 Å². The van der Waals surface area contributed by atoms with Crippen LogP contribution in [0, 0.1) is 0 Å². The second-order valence-electron chi connectivity index (χ2n) is 8.03. The van der Waals surface area contributed by atoms with Gasteiger partial charge in [-0.25, -0.2) is 4.98 Å². The number of hydrogen-bond acceptors (Lipinski definition) is 4. The predicted octanol–water partition coefficient (Wildman–Crippen LogP) is 5.56. The summed E-state index contributed by atoms with van der Waals surface area (Å²) >= 11 is 0. The number of aryl methyl sites for hydroxylation is 2. The van der Waals surface area contributed by atoms with Gasteiger partial charge in [-0.1, -0.05) is 36.4 Å². The summed E-state index contributed by atoms with van der Waals surface area (Å²) in [4.78, 5) is 16.5. The van der Waals surface area contributed by atoms with Crippen LogP contribution in [0.25, 0.3) is 17.1 Å². The molecule has 0 atom stereocenters. The minimum Gasteiger partial charge on any atom is -0.493 e. The maximum absolute atomic E-state index is 11.6. The predicted molar refractivity (Wildman–Crippen MR) is 138 cm³/mol. The van der Waals surface area contributed by atoms with Gasteiger partial charge in [0, 0.05) is 19.5 Å². The average molecular weight is 462 g/mol. The summed E-state index contributed by atoms with van der Waals surface area (Å²) in [5.74, 6) is 2.53. The van der Waals surface area contributed by atoms with Gasteiger partial charge in [-0.2, -0.15) is 0 Å². The first kappa shape index (κ1) is 25.1. The number of para-hydroxylation sites is 2. The van der Waals surface area contributed by atoms with Gasteiger partial charge in [0.1, 0.15) is 5.82 Å². The number of amides is 1. The zero-order valence-electron chi connectivity index (χ0n) is 20.4. The number of imidazole rings is 1. The van der Waals surface area contributed by atoms with Crippen molar-refractivity contribution in [3.63, 3.8) is 0 Å². The number of fused-ring (bicyclic) bond motifs is 1. The van der Waals surface area contributed by atoms with Gasteiger partial charge in [-0.15, -0.1) is 0 Å². The molecule has 1 aromatic heterocycles. The van der Waals surface area contributed by atoms with E-state index in [4.69, 9.17) is 14.5 Å². The van der Waals surface area contributed by atoms with Gasteiger partial charge in [-0.3, -0.25) is 4.79 Å². The Hall–Kier alpha value is -3.54. The number of nitrogens with one attached hydrogen (secondary N) is 1. The highest BCUT2D eigenvalue weighted by molar-refractivity contribution is 5.87. The van der Waals surface area contributed by atoms with Gasteiger partial charge in [0.05, 0.1) is 24.8 Å². The molecule has 3 rings (SSSR count). The molecule has 0 radical (unpaired) electrons. The Morgan fingerprint density at radius 3 is 2.71 bits per heavy atom. The molecule has 0 bridgehead atoms. The highest BCUT2D eigenvalue weighted by Gasteiger charge is 2.11. The highest BCUT2D eigenvalue weighted by Crippen LogP contribution is 2.29. The van der Waals surface area contributed by atoms with Crippen LogP contribution in [0.5, 0.6) is 11.5 Å². The Morgan fingerprint density at radius 2 is 1.91 bits per heavy atom. The van der Waals surface area contributed by atoms with E-state index in [1.165, 1.54) is 0 Å². The summed E-state index contributed by atoms with van der Waals surface area (Å²) in [5.41, 5.74) is 3.25. The van der Waals surface area contributed by atoms with Gasteiger partial charge < -0.3 is 19.4 Å². The lowest BCUT2D eigenvalue weighted by molar-refractivity contribution is -0.116. The summed E-state index contributed by atoms with van der Waals surface area (Å²) in [7, 11) is 1.67. The number of allylic oxidation sites excluding steroid dienone is 2. The number of ether oxygens (including phenoxy) is 2. The number of aromatic nitrogens is 2. The van der Waals surface area contributed by atoms with Crippen molar-refractivity contribution in [2.75, 3.05) is 20.3 Å². The second-order valence-corrected chi connectivity index (χ2v) is 8.03. The third-order valence-corrected chi connectivity index (χ3v) is 5.51. The van der Waals surface area contributed by atoms with E-state index >= 15 is 0 Å². The summed E-state index contributed by atoms with van der Waals surface area (Å²) in [5, 5.41) is 2.91. The molecule has 6 nitrogen and oxygen atoms in total. The number of hydrogen-bond donors (Lipinski definition) is 1. The van der Waals surface area contributed by atoms with E-state index in [0.717, 1.165) is 66.1 Å². The molecule has 0 aliphatic carbocycles. The van der Waals surface area contributed by atoms with E-state index in [9.17, 15) is 4.79 Å². The molecule has 0 saturated carbocycles. The van der Waals surface area contributed by atoms with Gasteiger partial charge in [0.2, 0.25) is 5.91 Å². The number of rotatable bonds is 13. The lowest BCUT2D eigenvalue weighted by Crippen LogP contribution is -2.22. The van der Waals surface area contributed by atoms with Gasteiger partial charge >= 0.3 is 0 Å². The summed E-state index contributed by atoms with van der Waals surface area (Å²) in [6.45, 7) is 5.97. The van der Waals surface area contributed by atoms with Crippen LogP contribution in [0.1, 0.15) is 44.5 Å². The minimum atomic E-state index is -0.0518. The zero-order chi connectivity index (χ0) is 24.2. The first-order chi connectivity index (χ1) is 16.7. The Labute approximate surface area is 202 Å². The van der Waals surface area contributed by atoms with E-state index in [2.05, 4.69) is 22.0 Å². The Bertz CT molecular complexity index is 1130. The molecular formula is C28H35N3O3. The van der Waals surface area contributed by atoms with Crippen LogP contribution in [-0.2, 0) is 17.8 Å². The molecule has 0 spiro atoms. The summed E-state index contributed by atoms with van der Waals surface area (Å²) < 4.78 is 13.8. The first-order valence-corrected chi connectivity index (χ1v) is 11.9. The van der Waals surface area contributed by atoms with Crippen molar-refractivity contribution in [3.05, 3.63) is 72.1 Å². The SMILES string of the molecule is C/C=C\C(=O)NCCCc1nc2ccccc2n1CCCCOc1ccc(/C=C/C)cc1OC. The third kappa shape index (κ3) is 6.98. The van der Waals surface area contributed by atoms with Crippen molar-refractivity contribution < 1.29 is 14.3 Å². The molecule has 0 aliphatic heterocycles. The Morgan fingerprint density at radius 1 is 1.06 bits per heavy atom. The molecule has 34 heavy (non-hydrogen) atoms. The Kier molecular flexibility index (Phi) is 9.77. The van der Waals surface area contributed by atoms with E-state index in [1.807, 2.05) is 56.3 Å². The van der Waals surface area contributed by atoms with Crippen LogP contribution in [-0.4, -0.2) is 35.7 Å². The topological polar surface area (TPSA) is 65.4 Å². The standard InChI is InChI=1S/C28H35N3O3/c1-4-11-22-16-17-25(26(21-22)33-3)34-20-9-8-19-31-24-14-7-6-13-23(24)30-27(31)15-10-18-29-28(32)12-5-2/h4-7,11-14,16-17,21H,8-10,15,18-20H2,1-3H3,(H,29,32)/b11-4+,12-5-. The fourth-order valence-corrected chi connectivity index (χ4v) is 3.89. The molecule has 0 aliphatic rings. The molecule has 0 fully saturated rings. The molecule has 1 N–H and O–H groups in total. The number of carbonyl (C=O) groups excluding carboxylic acids is 1. The number of nitrogens with zero attached hydrogens (tertiary/aromatic N) is 2. The zero-order valence-corrected chi connectivity index (χ0v) is 20.4. The lowest BCUT2D eigenvalue weighted by Gasteiger charge is -2.12. The van der Waals surface area contributed by atoms with Crippen molar-refractivity contribution in [1.29, 1.82) is 0 Å². The van der Waals surface area contributed by atoms with E-state index < -0.39 is 0 Å². The fraction of sp³-hybridized carbons (Fsp3) is 0.357. The van der Waals surface area contributed by atoms with Crippen molar-refractivity contribution in [1.82, 2.24) is 14.9 Å². The molecule has 0 unspecified atom stereocenters. The van der Waals surface area contributed by atoms with Crippen LogP contribution < -0.4 is 14.8 Å². The average Bonchev–Trinajstić information content (AvgIpc) is 3.20. The molecule has 180 valence electrons. The number of benzene rings is 2. The molecule has 6 heteroatoms. The lowest BCUT2D eigenvalue weighted by atomic mass is 10.2. The van der Waals surface area contributed by atoms with E-state index in [0.29, 0.717) is 13.2 Å². The van der Waals surface area contributed by atoms with E-state index in [-0.39, 0.29) is 5.91 Å². The second kappa shape index (κ2) is 13.2. The summed E-state index contributed by atoms with van der Waals surface area (Å²) in [6, 6.07) is 14.2. The van der Waals surface area contributed by atoms with Crippen molar-refractivity contribution in [3.8, 4) is 11.5 Å². The van der Waals surface area contributed by atoms with Crippen LogP contribution in [0.3, 0.4) is 0 Å². The van der Waals surface area contributed by atoms with Crippen molar-refractivity contribution in [2.45, 2.75) is 46.1 Å². The molecular weight excluding hydrogens is 426 g/mol. The number of carbonyl (C=O) groups is 1. The molecule has 1 heterocycles. The van der Waals surface area contributed by atoms with Crippen LogP contribution in [0.15, 0.2) is 60.7 Å². The number of methoxy groups -OCH3 is 1. The van der Waals surface area contributed by atoms with Crippen LogP contribution >= 0.6 is 0 Å². The molecule has 2 aromatic carbocycles. The maximum atomic E-state index is 11.6. The fourth-order valence-electron chi connectivity index (χ4n) is 3.89. The first-order valence-electron chi connectivity index (χ1n) is 11.9. The monoisotopic (exact) mass is 461 g/mol. The highest BCUT2D eigenvalue weighted by atomic mass is 16.5. The summed E-state index contributed by atoms with van der Waals surface area (Å²) in [6.07, 6.45) is 10.9. The van der Waals surface area contributed by atoms with Crippen LogP contribution in [0.4, 0.5) is 0 Å². The van der Waals surface area contributed by atoms with Gasteiger partial charge in [-0.05, 0) is 69.0 Å². The minimum absolute atomic E-state index is 0.0518. The molecule has 0 saturated heterocycles. The quantitative estimate of drug-likeness (QED) is 0.267. The van der Waals surface area contributed by atoms with E-state index in [1.54, 1.807) is 19.3 Å². The molecule has 3 aromatic rings. The normalized spacial score (nSPS) is 11.5. The molecule has 1 amide bonds. The van der Waals surface area contributed by atoms with Gasteiger partial charge in [0.25, 0.3) is 0 Å². The van der Waals surface area contributed by atoms with Crippen molar-refractivity contribution in [2.24, 2.45) is 0 Å². The number of unbranched alkanes of at least 4 members (excludes halogenated alkanes) is 1. The third-order valence-electron chi connectivity index (χ3n) is 5.51. The largest absolute Gasteiger partial charge is 0.493 e. The Balaban J connectivity index is 1.54.